The van der Waals surface area contributed by atoms with E-state index in [1.165, 1.54) is 42.5 Å². The normalized spacial score (nSPS) is 12.4. The van der Waals surface area contributed by atoms with Crippen LogP contribution in [0.1, 0.15) is 22.8 Å². The zero-order chi connectivity index (χ0) is 17.7. The van der Waals surface area contributed by atoms with Gasteiger partial charge in [0.25, 0.3) is 0 Å². The smallest absolute Gasteiger partial charge is 0.311 e. The number of hydrogen-bond donors (Lipinski definition) is 1. The highest BCUT2D eigenvalue weighted by molar-refractivity contribution is 7.92. The first kappa shape index (κ1) is 18.2. The predicted octanol–water partition coefficient (Wildman–Crippen LogP) is 2.48. The quantitative estimate of drug-likeness (QED) is 0.600. The number of carbonyl (C=O) groups excluding carboxylic acids is 2. The molecule has 2 aromatic rings. The standard InChI is InChI=1S/C16H17NO5S2/c1-11(22-15(18)9-12-7-8-23-10-12)16(19)13-3-5-14(6-4-13)17-24(2,20)21/h3-8,10-11,17H,9H2,1-2H3/t11-/m0/s1. The molecular formula is C16H17NO5S2. The van der Waals surface area contributed by atoms with Crippen LogP contribution in [-0.2, 0) is 26.0 Å². The molecule has 128 valence electrons. The molecule has 0 fully saturated rings. The van der Waals surface area contributed by atoms with E-state index in [1.807, 2.05) is 16.8 Å². The maximum atomic E-state index is 12.3. The molecule has 0 saturated heterocycles. The molecule has 0 aliphatic rings. The third-order valence-electron chi connectivity index (χ3n) is 3.08. The van der Waals surface area contributed by atoms with E-state index in [1.54, 1.807) is 0 Å². The second-order valence-corrected chi connectivity index (χ2v) is 7.78. The molecule has 1 N–H and O–H groups in total. The molecule has 0 amide bonds. The van der Waals surface area contributed by atoms with Crippen LogP contribution in [0.4, 0.5) is 5.69 Å². The summed E-state index contributed by atoms with van der Waals surface area (Å²) in [6.45, 7) is 1.51. The van der Waals surface area contributed by atoms with Crippen molar-refractivity contribution in [1.29, 1.82) is 0 Å². The largest absolute Gasteiger partial charge is 0.454 e. The Morgan fingerprint density at radius 1 is 1.21 bits per heavy atom. The van der Waals surface area contributed by atoms with Gasteiger partial charge >= 0.3 is 5.97 Å². The number of esters is 1. The van der Waals surface area contributed by atoms with Crippen molar-refractivity contribution in [2.24, 2.45) is 0 Å². The molecule has 2 rings (SSSR count). The van der Waals surface area contributed by atoms with Crippen LogP contribution < -0.4 is 4.72 Å². The fourth-order valence-electron chi connectivity index (χ4n) is 2.00. The molecule has 1 heterocycles. The summed E-state index contributed by atoms with van der Waals surface area (Å²) in [7, 11) is -3.37. The van der Waals surface area contributed by atoms with Gasteiger partial charge in [0.15, 0.2) is 6.10 Å². The van der Waals surface area contributed by atoms with Crippen molar-refractivity contribution >= 4 is 38.8 Å². The highest BCUT2D eigenvalue weighted by Gasteiger charge is 2.19. The number of thiophene rings is 1. The Kier molecular flexibility index (Phi) is 5.74. The van der Waals surface area contributed by atoms with Gasteiger partial charge in [-0.3, -0.25) is 14.3 Å². The van der Waals surface area contributed by atoms with Crippen molar-refractivity contribution < 1.29 is 22.7 Å². The summed E-state index contributed by atoms with van der Waals surface area (Å²) in [5.41, 5.74) is 1.54. The first-order valence-electron chi connectivity index (χ1n) is 7.07. The number of hydrogen-bond acceptors (Lipinski definition) is 6. The molecule has 1 aromatic heterocycles. The number of ether oxygens (including phenoxy) is 1. The monoisotopic (exact) mass is 367 g/mol. The number of sulfonamides is 1. The summed E-state index contributed by atoms with van der Waals surface area (Å²) >= 11 is 1.49. The molecule has 0 aliphatic heterocycles. The van der Waals surface area contributed by atoms with E-state index in [9.17, 15) is 18.0 Å². The van der Waals surface area contributed by atoms with E-state index >= 15 is 0 Å². The molecule has 6 nitrogen and oxygen atoms in total. The Morgan fingerprint density at radius 3 is 2.42 bits per heavy atom. The van der Waals surface area contributed by atoms with Gasteiger partial charge in [-0.25, -0.2) is 8.42 Å². The summed E-state index contributed by atoms with van der Waals surface area (Å²) < 4.78 is 29.8. The zero-order valence-electron chi connectivity index (χ0n) is 13.2. The van der Waals surface area contributed by atoms with E-state index in [0.717, 1.165) is 11.8 Å². The first-order chi connectivity index (χ1) is 11.2. The Bertz CT molecular complexity index is 811. The van der Waals surface area contributed by atoms with Gasteiger partial charge in [-0.15, -0.1) is 0 Å². The van der Waals surface area contributed by atoms with Gasteiger partial charge in [0.1, 0.15) is 0 Å². The SMILES string of the molecule is C[C@H](OC(=O)Cc1ccsc1)C(=O)c1ccc(NS(C)(=O)=O)cc1. The van der Waals surface area contributed by atoms with E-state index in [2.05, 4.69) is 4.72 Å². The molecule has 0 aliphatic carbocycles. The van der Waals surface area contributed by atoms with Crippen LogP contribution in [0.5, 0.6) is 0 Å². The molecule has 0 spiro atoms. The zero-order valence-corrected chi connectivity index (χ0v) is 14.8. The van der Waals surface area contributed by atoms with Gasteiger partial charge in [-0.1, -0.05) is 0 Å². The number of rotatable bonds is 7. The molecule has 0 bridgehead atoms. The van der Waals surface area contributed by atoms with Gasteiger partial charge in [0.2, 0.25) is 15.8 Å². The summed E-state index contributed by atoms with van der Waals surface area (Å²) in [5.74, 6) is -0.816. The lowest BCUT2D eigenvalue weighted by atomic mass is 10.1. The number of anilines is 1. The second kappa shape index (κ2) is 7.59. The maximum absolute atomic E-state index is 12.3. The first-order valence-corrected chi connectivity index (χ1v) is 9.90. The molecular weight excluding hydrogens is 350 g/mol. The van der Waals surface area contributed by atoms with Crippen molar-refractivity contribution in [2.45, 2.75) is 19.4 Å². The molecule has 0 radical (unpaired) electrons. The van der Waals surface area contributed by atoms with Crippen LogP contribution in [0.25, 0.3) is 0 Å². The minimum atomic E-state index is -3.37. The third kappa shape index (κ3) is 5.47. The Hall–Kier alpha value is -2.19. The number of carbonyl (C=O) groups is 2. The summed E-state index contributed by atoms with van der Waals surface area (Å²) in [6.07, 6.45) is 0.254. The average Bonchev–Trinajstić information content (AvgIpc) is 2.98. The number of nitrogens with one attached hydrogen (secondary N) is 1. The maximum Gasteiger partial charge on any atom is 0.311 e. The van der Waals surface area contributed by atoms with Crippen molar-refractivity contribution in [2.75, 3.05) is 11.0 Å². The van der Waals surface area contributed by atoms with Crippen molar-refractivity contribution in [3.05, 3.63) is 52.2 Å². The van der Waals surface area contributed by atoms with Gasteiger partial charge in [-0.05, 0) is 53.6 Å². The lowest BCUT2D eigenvalue weighted by Gasteiger charge is -2.12. The third-order valence-corrected chi connectivity index (χ3v) is 4.42. The lowest BCUT2D eigenvalue weighted by Crippen LogP contribution is -2.25. The topological polar surface area (TPSA) is 89.5 Å². The minimum Gasteiger partial charge on any atom is -0.454 e. The van der Waals surface area contributed by atoms with Gasteiger partial charge in [0, 0.05) is 11.3 Å². The molecule has 1 aromatic carbocycles. The Labute approximate surface area is 144 Å². The Morgan fingerprint density at radius 2 is 1.88 bits per heavy atom. The van der Waals surface area contributed by atoms with Crippen molar-refractivity contribution in [3.8, 4) is 0 Å². The number of benzene rings is 1. The van der Waals surface area contributed by atoms with Gasteiger partial charge in [0.05, 0.1) is 12.7 Å². The van der Waals surface area contributed by atoms with E-state index in [0.29, 0.717) is 11.3 Å². The van der Waals surface area contributed by atoms with Crippen LogP contribution in [-0.4, -0.2) is 32.5 Å². The highest BCUT2D eigenvalue weighted by atomic mass is 32.2. The van der Waals surface area contributed by atoms with Crippen molar-refractivity contribution in [3.63, 3.8) is 0 Å². The van der Waals surface area contributed by atoms with Gasteiger partial charge < -0.3 is 4.74 Å². The number of ketones is 1. The van der Waals surface area contributed by atoms with E-state index in [4.69, 9.17) is 4.74 Å². The molecule has 0 unspecified atom stereocenters. The fraction of sp³-hybridized carbons (Fsp3) is 0.250. The van der Waals surface area contributed by atoms with E-state index in [-0.39, 0.29) is 12.2 Å². The molecule has 1 atom stereocenters. The molecule has 0 saturated carbocycles. The van der Waals surface area contributed by atoms with Crippen LogP contribution in [0, 0.1) is 0 Å². The summed E-state index contributed by atoms with van der Waals surface area (Å²) in [5, 5.41) is 3.71. The summed E-state index contributed by atoms with van der Waals surface area (Å²) in [6, 6.07) is 7.76. The van der Waals surface area contributed by atoms with E-state index < -0.39 is 22.1 Å². The lowest BCUT2D eigenvalue weighted by molar-refractivity contribution is -0.145. The van der Waals surface area contributed by atoms with Crippen LogP contribution >= 0.6 is 11.3 Å². The average molecular weight is 367 g/mol. The van der Waals surface area contributed by atoms with Crippen molar-refractivity contribution in [1.82, 2.24) is 0 Å². The fourth-order valence-corrected chi connectivity index (χ4v) is 3.24. The van der Waals surface area contributed by atoms with Crippen LogP contribution in [0.15, 0.2) is 41.1 Å². The summed E-state index contributed by atoms with van der Waals surface area (Å²) in [4.78, 5) is 24.1. The minimum absolute atomic E-state index is 0.123. The number of Topliss-reactive ketones (excluding diaryl/α,β-unsaturated/α-hetero) is 1. The molecule has 8 heteroatoms. The van der Waals surface area contributed by atoms with Crippen LogP contribution in [0.2, 0.25) is 0 Å². The Balaban J connectivity index is 1.96. The van der Waals surface area contributed by atoms with Gasteiger partial charge in [-0.2, -0.15) is 11.3 Å². The predicted molar refractivity (Wildman–Crippen MR) is 92.8 cm³/mol. The second-order valence-electron chi connectivity index (χ2n) is 5.26. The molecule has 24 heavy (non-hydrogen) atoms. The highest BCUT2D eigenvalue weighted by Crippen LogP contribution is 2.14. The van der Waals surface area contributed by atoms with Crippen LogP contribution in [0.3, 0.4) is 0 Å².